The number of carbonyl (C=O) groups excluding carboxylic acids is 1. The van der Waals surface area contributed by atoms with Gasteiger partial charge in [0.1, 0.15) is 0 Å². The van der Waals surface area contributed by atoms with Gasteiger partial charge in [0.25, 0.3) is 0 Å². The Morgan fingerprint density at radius 2 is 1.76 bits per heavy atom. The van der Waals surface area contributed by atoms with Gasteiger partial charge in [-0.3, -0.25) is 0 Å². The molecule has 0 radical (unpaired) electrons. The largest absolute Gasteiger partial charge is 0.493 e. The zero-order valence-corrected chi connectivity index (χ0v) is 16.2. The number of rotatable bonds is 7. The quantitative estimate of drug-likeness (QED) is 0.728. The van der Waals surface area contributed by atoms with Crippen molar-refractivity contribution >= 4 is 22.0 Å². The molecule has 2 amide bonds. The fourth-order valence-electron chi connectivity index (χ4n) is 2.42. The molecule has 0 aliphatic heterocycles. The maximum absolute atomic E-state index is 12.1. The predicted octanol–water partition coefficient (Wildman–Crippen LogP) is 4.07. The summed E-state index contributed by atoms with van der Waals surface area (Å²) in [6, 6.07) is 13.3. The molecule has 2 N–H and O–H groups in total. The minimum absolute atomic E-state index is 0.146. The molecule has 0 aliphatic carbocycles. The number of amides is 2. The lowest BCUT2D eigenvalue weighted by Crippen LogP contribution is -2.38. The van der Waals surface area contributed by atoms with Crippen LogP contribution in [0.3, 0.4) is 0 Å². The molecule has 5 nitrogen and oxygen atoms in total. The number of benzene rings is 2. The molecule has 1 atom stereocenters. The molecule has 0 aliphatic rings. The van der Waals surface area contributed by atoms with Crippen molar-refractivity contribution in [3.05, 3.63) is 58.1 Å². The molecule has 25 heavy (non-hydrogen) atoms. The molecule has 0 fully saturated rings. The standard InChI is InChI=1S/C19H23BrN2O3/c1-13(15-6-9-17(24-2)18(12-15)25-3)22-19(23)21-11-10-14-4-7-16(20)8-5-14/h4-9,12-13H,10-11H2,1-3H3,(H2,21,22,23). The molecule has 0 heterocycles. The monoisotopic (exact) mass is 406 g/mol. The van der Waals surface area contributed by atoms with Gasteiger partial charge in [-0.1, -0.05) is 34.1 Å². The molecular weight excluding hydrogens is 384 g/mol. The maximum atomic E-state index is 12.1. The van der Waals surface area contributed by atoms with E-state index in [0.29, 0.717) is 18.0 Å². The van der Waals surface area contributed by atoms with E-state index in [1.165, 1.54) is 5.56 Å². The van der Waals surface area contributed by atoms with Crippen LogP contribution in [0.15, 0.2) is 46.9 Å². The van der Waals surface area contributed by atoms with Crippen molar-refractivity contribution in [1.82, 2.24) is 10.6 Å². The Balaban J connectivity index is 1.84. The average Bonchev–Trinajstić information content (AvgIpc) is 2.62. The van der Waals surface area contributed by atoms with Crippen molar-refractivity contribution in [1.29, 1.82) is 0 Å². The number of halogens is 1. The lowest BCUT2D eigenvalue weighted by atomic mass is 10.1. The Kier molecular flexibility index (Phi) is 7.13. The van der Waals surface area contributed by atoms with E-state index in [1.54, 1.807) is 14.2 Å². The summed E-state index contributed by atoms with van der Waals surface area (Å²) in [5.41, 5.74) is 2.12. The van der Waals surface area contributed by atoms with Crippen molar-refractivity contribution in [2.75, 3.05) is 20.8 Å². The third-order valence-electron chi connectivity index (χ3n) is 3.87. The van der Waals surface area contributed by atoms with E-state index in [-0.39, 0.29) is 12.1 Å². The van der Waals surface area contributed by atoms with E-state index < -0.39 is 0 Å². The van der Waals surface area contributed by atoms with Crippen molar-refractivity contribution in [3.63, 3.8) is 0 Å². The fraction of sp³-hybridized carbons (Fsp3) is 0.316. The maximum Gasteiger partial charge on any atom is 0.315 e. The number of hydrogen-bond donors (Lipinski definition) is 2. The van der Waals surface area contributed by atoms with E-state index in [2.05, 4.69) is 26.6 Å². The molecule has 1 unspecified atom stereocenters. The first-order valence-corrected chi connectivity index (χ1v) is 8.83. The van der Waals surface area contributed by atoms with E-state index >= 15 is 0 Å². The summed E-state index contributed by atoms with van der Waals surface area (Å²) in [4.78, 5) is 12.1. The van der Waals surface area contributed by atoms with Crippen LogP contribution in [-0.4, -0.2) is 26.8 Å². The highest BCUT2D eigenvalue weighted by atomic mass is 79.9. The van der Waals surface area contributed by atoms with Gasteiger partial charge in [0, 0.05) is 11.0 Å². The van der Waals surface area contributed by atoms with Crippen LogP contribution in [0.2, 0.25) is 0 Å². The highest BCUT2D eigenvalue weighted by Crippen LogP contribution is 2.29. The number of ether oxygens (including phenoxy) is 2. The average molecular weight is 407 g/mol. The molecule has 6 heteroatoms. The van der Waals surface area contributed by atoms with Crippen molar-refractivity contribution in [2.45, 2.75) is 19.4 Å². The predicted molar refractivity (Wildman–Crippen MR) is 102 cm³/mol. The molecule has 2 rings (SSSR count). The molecular formula is C19H23BrN2O3. The smallest absolute Gasteiger partial charge is 0.315 e. The molecule has 0 saturated heterocycles. The van der Waals surface area contributed by atoms with Crippen LogP contribution in [0.4, 0.5) is 4.79 Å². The van der Waals surface area contributed by atoms with Gasteiger partial charge in [0.05, 0.1) is 20.3 Å². The Morgan fingerprint density at radius 3 is 2.40 bits per heavy atom. The van der Waals surface area contributed by atoms with Crippen LogP contribution < -0.4 is 20.1 Å². The molecule has 0 bridgehead atoms. The molecule has 2 aromatic rings. The molecule has 0 aromatic heterocycles. The number of nitrogens with one attached hydrogen (secondary N) is 2. The van der Waals surface area contributed by atoms with Gasteiger partial charge in [-0.15, -0.1) is 0 Å². The highest BCUT2D eigenvalue weighted by molar-refractivity contribution is 9.10. The number of carbonyl (C=O) groups is 1. The number of urea groups is 1. The van der Waals surface area contributed by atoms with Crippen LogP contribution >= 0.6 is 15.9 Å². The third kappa shape index (κ3) is 5.67. The van der Waals surface area contributed by atoms with E-state index in [1.807, 2.05) is 49.4 Å². The first-order valence-electron chi connectivity index (χ1n) is 8.04. The zero-order chi connectivity index (χ0) is 18.2. The lowest BCUT2D eigenvalue weighted by molar-refractivity contribution is 0.238. The van der Waals surface area contributed by atoms with Gasteiger partial charge in [-0.2, -0.15) is 0 Å². The van der Waals surface area contributed by atoms with E-state index in [9.17, 15) is 4.79 Å². The van der Waals surface area contributed by atoms with Gasteiger partial charge in [0.2, 0.25) is 0 Å². The lowest BCUT2D eigenvalue weighted by Gasteiger charge is -2.17. The van der Waals surface area contributed by atoms with Gasteiger partial charge < -0.3 is 20.1 Å². The minimum atomic E-state index is -0.195. The van der Waals surface area contributed by atoms with Crippen LogP contribution in [0.5, 0.6) is 11.5 Å². The fourth-order valence-corrected chi connectivity index (χ4v) is 2.69. The Bertz CT molecular complexity index is 704. The molecule has 0 spiro atoms. The van der Waals surface area contributed by atoms with Crippen molar-refractivity contribution < 1.29 is 14.3 Å². The second-order valence-corrected chi connectivity index (χ2v) is 6.53. The topological polar surface area (TPSA) is 59.6 Å². The van der Waals surface area contributed by atoms with Gasteiger partial charge >= 0.3 is 6.03 Å². The minimum Gasteiger partial charge on any atom is -0.493 e. The highest BCUT2D eigenvalue weighted by Gasteiger charge is 2.12. The summed E-state index contributed by atoms with van der Waals surface area (Å²) >= 11 is 3.41. The van der Waals surface area contributed by atoms with Gasteiger partial charge in [0.15, 0.2) is 11.5 Å². The second-order valence-electron chi connectivity index (χ2n) is 5.61. The second kappa shape index (κ2) is 9.32. The van der Waals surface area contributed by atoms with Crippen LogP contribution in [0.1, 0.15) is 24.1 Å². The van der Waals surface area contributed by atoms with Crippen molar-refractivity contribution in [2.24, 2.45) is 0 Å². The number of methoxy groups -OCH3 is 2. The summed E-state index contributed by atoms with van der Waals surface area (Å²) in [6.45, 7) is 2.50. The van der Waals surface area contributed by atoms with Crippen LogP contribution in [0, 0.1) is 0 Å². The first kappa shape index (κ1) is 19.1. The molecule has 134 valence electrons. The summed E-state index contributed by atoms with van der Waals surface area (Å²) in [6.07, 6.45) is 0.783. The Hall–Kier alpha value is -2.21. The Labute approximate surface area is 156 Å². The van der Waals surface area contributed by atoms with Gasteiger partial charge in [-0.25, -0.2) is 4.79 Å². The zero-order valence-electron chi connectivity index (χ0n) is 14.6. The third-order valence-corrected chi connectivity index (χ3v) is 4.40. The van der Waals surface area contributed by atoms with Crippen LogP contribution in [-0.2, 0) is 6.42 Å². The van der Waals surface area contributed by atoms with Crippen LogP contribution in [0.25, 0.3) is 0 Å². The van der Waals surface area contributed by atoms with Gasteiger partial charge in [-0.05, 0) is 48.7 Å². The summed E-state index contributed by atoms with van der Waals surface area (Å²) in [5.74, 6) is 1.31. The molecule has 2 aromatic carbocycles. The molecule has 0 saturated carbocycles. The normalized spacial score (nSPS) is 11.5. The summed E-state index contributed by atoms with van der Waals surface area (Å²) < 4.78 is 11.6. The van der Waals surface area contributed by atoms with Crippen molar-refractivity contribution in [3.8, 4) is 11.5 Å². The van der Waals surface area contributed by atoms with E-state index in [4.69, 9.17) is 9.47 Å². The first-order chi connectivity index (χ1) is 12.0. The SMILES string of the molecule is COc1ccc(C(C)NC(=O)NCCc2ccc(Br)cc2)cc1OC. The summed E-state index contributed by atoms with van der Waals surface area (Å²) in [7, 11) is 3.19. The Morgan fingerprint density at radius 1 is 1.08 bits per heavy atom. The summed E-state index contributed by atoms with van der Waals surface area (Å²) in [5, 5.41) is 5.81. The van der Waals surface area contributed by atoms with E-state index in [0.717, 1.165) is 16.5 Å². The number of hydrogen-bond acceptors (Lipinski definition) is 3.